The number of rotatable bonds is 2. The van der Waals surface area contributed by atoms with E-state index in [9.17, 15) is 14.4 Å². The number of aromatic nitrogens is 1. The summed E-state index contributed by atoms with van der Waals surface area (Å²) in [5, 5.41) is 8.50. The number of carbonyl (C=O) groups excluding carboxylic acids is 3. The normalized spacial score (nSPS) is 20.1. The fraction of sp³-hybridized carbons (Fsp3) is 0.211. The number of hydrogen-bond donors (Lipinski definition) is 1. The summed E-state index contributed by atoms with van der Waals surface area (Å²) in [4.78, 5) is 41.9. The van der Waals surface area contributed by atoms with E-state index < -0.39 is 10.8 Å². The molecule has 1 N–H and O–H groups in total. The molecule has 10 heteroatoms. The van der Waals surface area contributed by atoms with E-state index in [2.05, 4.69) is 15.4 Å². The zero-order valence-corrected chi connectivity index (χ0v) is 17.1. The van der Waals surface area contributed by atoms with E-state index in [1.807, 2.05) is 6.07 Å². The maximum absolute atomic E-state index is 13.7. The molecule has 1 atom stereocenters. The van der Waals surface area contributed by atoms with E-state index >= 15 is 0 Å². The van der Waals surface area contributed by atoms with Gasteiger partial charge in [0.05, 0.1) is 12.2 Å². The second-order valence-corrected chi connectivity index (χ2v) is 8.20. The molecule has 3 amide bonds. The van der Waals surface area contributed by atoms with Gasteiger partial charge in [-0.05, 0) is 41.6 Å². The minimum atomic E-state index is -1.47. The summed E-state index contributed by atoms with van der Waals surface area (Å²) < 4.78 is 0. The van der Waals surface area contributed by atoms with E-state index in [0.29, 0.717) is 16.3 Å². The van der Waals surface area contributed by atoms with Crippen molar-refractivity contribution >= 4 is 51.9 Å². The quantitative estimate of drug-likeness (QED) is 0.791. The summed E-state index contributed by atoms with van der Waals surface area (Å²) in [5.41, 5.74) is 2.00. The Hall–Kier alpha value is -2.91. The molecule has 29 heavy (non-hydrogen) atoms. The second-order valence-electron chi connectivity index (χ2n) is 6.58. The fourth-order valence-electron chi connectivity index (χ4n) is 3.42. The molecule has 148 valence electrons. The van der Waals surface area contributed by atoms with Crippen LogP contribution in [0, 0.1) is 0 Å². The van der Waals surface area contributed by atoms with Gasteiger partial charge in [0.2, 0.25) is 16.7 Å². The highest BCUT2D eigenvalue weighted by molar-refractivity contribution is 8.15. The summed E-state index contributed by atoms with van der Waals surface area (Å²) in [7, 11) is 0. The zero-order valence-electron chi connectivity index (χ0n) is 15.5. The molecule has 4 rings (SSSR count). The zero-order chi connectivity index (χ0) is 20.8. The lowest BCUT2D eigenvalue weighted by atomic mass is 10.1. The predicted octanol–water partition coefficient (Wildman–Crippen LogP) is 2.44. The maximum Gasteiger partial charge on any atom is 0.271 e. The van der Waals surface area contributed by atoms with E-state index in [4.69, 9.17) is 11.6 Å². The van der Waals surface area contributed by atoms with Crippen molar-refractivity contribution in [1.29, 1.82) is 0 Å². The van der Waals surface area contributed by atoms with Gasteiger partial charge < -0.3 is 10.2 Å². The number of pyridine rings is 1. The summed E-state index contributed by atoms with van der Waals surface area (Å²) in [6.45, 7) is 2.93. The van der Waals surface area contributed by atoms with Crippen LogP contribution in [0.1, 0.15) is 25.0 Å². The Balaban J connectivity index is 1.83. The van der Waals surface area contributed by atoms with Gasteiger partial charge in [-0.15, -0.1) is 5.10 Å². The highest BCUT2D eigenvalue weighted by Gasteiger charge is 2.61. The third-order valence-electron chi connectivity index (χ3n) is 4.53. The molecule has 1 unspecified atom stereocenters. The number of thioether (sulfide) groups is 1. The molecular formula is C19H16ClN5O3S. The summed E-state index contributed by atoms with van der Waals surface area (Å²) in [6.07, 6.45) is 3.33. The van der Waals surface area contributed by atoms with Gasteiger partial charge in [0.1, 0.15) is 0 Å². The molecule has 1 aromatic heterocycles. The molecule has 0 saturated carbocycles. The van der Waals surface area contributed by atoms with Crippen LogP contribution in [-0.2, 0) is 25.8 Å². The third-order valence-corrected chi connectivity index (χ3v) is 6.00. The number of amides is 3. The number of anilines is 1. The van der Waals surface area contributed by atoms with Crippen LogP contribution in [0.25, 0.3) is 0 Å². The summed E-state index contributed by atoms with van der Waals surface area (Å²) in [5.74, 6) is -1.12. The molecule has 2 aromatic rings. The van der Waals surface area contributed by atoms with Crippen molar-refractivity contribution in [3.05, 3.63) is 58.9 Å². The van der Waals surface area contributed by atoms with Gasteiger partial charge in [-0.1, -0.05) is 17.7 Å². The monoisotopic (exact) mass is 429 g/mol. The molecule has 0 bridgehead atoms. The number of fused-ring (bicyclic) bond motifs is 2. The standard InChI is InChI=1S/C19H16ClN5O3S/c1-11(26)22-18-23-25(12(2)27)19(29-18)15-8-14(20)5-6-16(15)24(17(19)28)10-13-4-3-7-21-9-13/h3-9H,10H2,1-2H3,(H,22,23,26). The minimum absolute atomic E-state index is 0.176. The van der Waals surface area contributed by atoms with Crippen molar-refractivity contribution in [2.45, 2.75) is 25.3 Å². The Morgan fingerprint density at radius 3 is 2.72 bits per heavy atom. The number of hydrogen-bond acceptors (Lipinski definition) is 6. The number of nitrogens with zero attached hydrogens (tertiary/aromatic N) is 4. The highest BCUT2D eigenvalue weighted by Crippen LogP contribution is 2.55. The summed E-state index contributed by atoms with van der Waals surface area (Å²) in [6, 6.07) is 8.75. The minimum Gasteiger partial charge on any atom is -0.304 e. The molecule has 3 heterocycles. The van der Waals surface area contributed by atoms with Gasteiger partial charge in [-0.2, -0.15) is 5.01 Å². The average molecular weight is 430 g/mol. The van der Waals surface area contributed by atoms with Crippen molar-refractivity contribution in [3.63, 3.8) is 0 Å². The van der Waals surface area contributed by atoms with E-state index in [1.165, 1.54) is 13.8 Å². The van der Waals surface area contributed by atoms with Crippen LogP contribution in [0.4, 0.5) is 5.69 Å². The largest absolute Gasteiger partial charge is 0.304 e. The Morgan fingerprint density at radius 2 is 2.07 bits per heavy atom. The van der Waals surface area contributed by atoms with Crippen LogP contribution >= 0.6 is 23.4 Å². The lowest BCUT2D eigenvalue weighted by Crippen LogP contribution is -2.48. The van der Waals surface area contributed by atoms with Gasteiger partial charge in [-0.3, -0.25) is 19.4 Å². The van der Waals surface area contributed by atoms with E-state index in [1.54, 1.807) is 41.6 Å². The molecule has 8 nitrogen and oxygen atoms in total. The first-order chi connectivity index (χ1) is 13.8. The summed E-state index contributed by atoms with van der Waals surface area (Å²) >= 11 is 7.25. The van der Waals surface area contributed by atoms with Crippen molar-refractivity contribution in [3.8, 4) is 0 Å². The Kier molecular flexibility index (Phi) is 4.79. The van der Waals surface area contributed by atoms with Gasteiger partial charge in [0.15, 0.2) is 5.17 Å². The first-order valence-electron chi connectivity index (χ1n) is 8.70. The van der Waals surface area contributed by atoms with Crippen molar-refractivity contribution < 1.29 is 14.4 Å². The number of carbonyl (C=O) groups is 3. The first kappa shape index (κ1) is 19.4. The Labute approximate surface area is 175 Å². The molecular weight excluding hydrogens is 414 g/mol. The molecule has 2 aliphatic heterocycles. The number of amidine groups is 1. The van der Waals surface area contributed by atoms with Crippen LogP contribution in [-0.4, -0.2) is 32.9 Å². The topological polar surface area (TPSA) is 95.0 Å². The van der Waals surface area contributed by atoms with Crippen LogP contribution < -0.4 is 10.2 Å². The van der Waals surface area contributed by atoms with Gasteiger partial charge in [-0.25, -0.2) is 0 Å². The molecule has 0 fully saturated rings. The van der Waals surface area contributed by atoms with Crippen LogP contribution in [0.2, 0.25) is 5.02 Å². The number of halogens is 1. The molecule has 1 spiro atoms. The second kappa shape index (κ2) is 7.16. The van der Waals surface area contributed by atoms with Crippen molar-refractivity contribution in [2.75, 3.05) is 4.90 Å². The number of benzene rings is 1. The smallest absolute Gasteiger partial charge is 0.271 e. The third kappa shape index (κ3) is 3.16. The highest BCUT2D eigenvalue weighted by atomic mass is 35.5. The molecule has 0 radical (unpaired) electrons. The number of hydrazone groups is 1. The lowest BCUT2D eigenvalue weighted by Gasteiger charge is -2.29. The molecule has 1 aromatic carbocycles. The Bertz CT molecular complexity index is 1060. The predicted molar refractivity (Wildman–Crippen MR) is 110 cm³/mol. The van der Waals surface area contributed by atoms with Gasteiger partial charge in [0, 0.05) is 36.8 Å². The fourth-order valence-corrected chi connectivity index (χ4v) is 4.91. The van der Waals surface area contributed by atoms with Gasteiger partial charge >= 0.3 is 0 Å². The molecule has 0 aliphatic carbocycles. The SMILES string of the molecule is CC(=O)NC1=NN(C(C)=O)C2(S1)C(=O)N(Cc1cccnc1)c1ccc(Cl)cc12. The van der Waals surface area contributed by atoms with Gasteiger partial charge in [0.25, 0.3) is 5.91 Å². The van der Waals surface area contributed by atoms with Crippen molar-refractivity contribution in [2.24, 2.45) is 5.10 Å². The average Bonchev–Trinajstić information content (AvgIpc) is 3.15. The number of nitrogens with one attached hydrogen (secondary N) is 1. The Morgan fingerprint density at radius 1 is 1.28 bits per heavy atom. The van der Waals surface area contributed by atoms with E-state index in [-0.39, 0.29) is 23.5 Å². The molecule has 0 saturated heterocycles. The van der Waals surface area contributed by atoms with Crippen LogP contribution in [0.15, 0.2) is 47.8 Å². The van der Waals surface area contributed by atoms with Crippen molar-refractivity contribution in [1.82, 2.24) is 15.3 Å². The molecule has 2 aliphatic rings. The van der Waals surface area contributed by atoms with E-state index in [0.717, 1.165) is 22.3 Å². The lowest BCUT2D eigenvalue weighted by molar-refractivity contribution is -0.139. The van der Waals surface area contributed by atoms with Crippen LogP contribution in [0.3, 0.4) is 0 Å². The first-order valence-corrected chi connectivity index (χ1v) is 9.89. The maximum atomic E-state index is 13.7. The van der Waals surface area contributed by atoms with Crippen LogP contribution in [0.5, 0.6) is 0 Å².